The molecule has 0 heterocycles. The predicted octanol–water partition coefficient (Wildman–Crippen LogP) is 2.42. The molecule has 0 aliphatic carbocycles. The van der Waals surface area contributed by atoms with E-state index in [-0.39, 0.29) is 6.54 Å². The first kappa shape index (κ1) is 15.8. The van der Waals surface area contributed by atoms with E-state index in [0.29, 0.717) is 24.7 Å². The SMILES string of the molecule is CCCOc1c(OC)ccc(Br)c1CNCC(=O)O. The molecule has 1 aromatic rings. The van der Waals surface area contributed by atoms with Crippen molar-refractivity contribution < 1.29 is 19.4 Å². The summed E-state index contributed by atoms with van der Waals surface area (Å²) in [4.78, 5) is 10.5. The van der Waals surface area contributed by atoms with Crippen molar-refractivity contribution in [3.05, 3.63) is 22.2 Å². The van der Waals surface area contributed by atoms with E-state index >= 15 is 0 Å². The summed E-state index contributed by atoms with van der Waals surface area (Å²) >= 11 is 3.45. The maximum atomic E-state index is 10.5. The van der Waals surface area contributed by atoms with Gasteiger partial charge in [0.1, 0.15) is 0 Å². The number of aliphatic carboxylic acids is 1. The lowest BCUT2D eigenvalue weighted by molar-refractivity contribution is -0.136. The Morgan fingerprint density at radius 2 is 2.21 bits per heavy atom. The highest BCUT2D eigenvalue weighted by molar-refractivity contribution is 9.10. The Morgan fingerprint density at radius 3 is 2.79 bits per heavy atom. The van der Waals surface area contributed by atoms with Crippen LogP contribution in [0, 0.1) is 0 Å². The maximum Gasteiger partial charge on any atom is 0.317 e. The average molecular weight is 332 g/mol. The molecule has 19 heavy (non-hydrogen) atoms. The van der Waals surface area contributed by atoms with Gasteiger partial charge in [0.25, 0.3) is 0 Å². The zero-order chi connectivity index (χ0) is 14.3. The first-order valence-corrected chi connectivity index (χ1v) is 6.80. The Hall–Kier alpha value is -1.27. The standard InChI is InChI=1S/C13H18BrNO4/c1-3-6-19-13-9(7-15-8-12(16)17)10(14)4-5-11(13)18-2/h4-5,15H,3,6-8H2,1-2H3,(H,16,17). The number of rotatable bonds is 8. The third-order valence-corrected chi connectivity index (χ3v) is 3.16. The topological polar surface area (TPSA) is 67.8 Å². The molecule has 2 N–H and O–H groups in total. The Kier molecular flexibility index (Phi) is 6.66. The molecule has 0 saturated heterocycles. The zero-order valence-electron chi connectivity index (χ0n) is 11.0. The molecule has 0 bridgehead atoms. The number of benzene rings is 1. The minimum atomic E-state index is -0.893. The van der Waals surface area contributed by atoms with Crippen molar-refractivity contribution in [3.8, 4) is 11.5 Å². The third-order valence-electron chi connectivity index (χ3n) is 2.42. The quantitative estimate of drug-likeness (QED) is 0.765. The number of methoxy groups -OCH3 is 1. The highest BCUT2D eigenvalue weighted by Crippen LogP contribution is 2.36. The summed E-state index contributed by atoms with van der Waals surface area (Å²) in [5.41, 5.74) is 0.856. The number of ether oxygens (including phenoxy) is 2. The highest BCUT2D eigenvalue weighted by Gasteiger charge is 2.14. The molecular weight excluding hydrogens is 314 g/mol. The largest absolute Gasteiger partial charge is 0.493 e. The van der Waals surface area contributed by atoms with Gasteiger partial charge in [0.2, 0.25) is 0 Å². The van der Waals surface area contributed by atoms with Crippen molar-refractivity contribution in [2.45, 2.75) is 19.9 Å². The van der Waals surface area contributed by atoms with Crippen LogP contribution in [0.2, 0.25) is 0 Å². The smallest absolute Gasteiger partial charge is 0.317 e. The van der Waals surface area contributed by atoms with Crippen molar-refractivity contribution in [2.75, 3.05) is 20.3 Å². The Bertz CT molecular complexity index is 437. The first-order valence-electron chi connectivity index (χ1n) is 6.00. The van der Waals surface area contributed by atoms with E-state index in [1.165, 1.54) is 0 Å². The molecule has 1 rings (SSSR count). The summed E-state index contributed by atoms with van der Waals surface area (Å²) in [5.74, 6) is 0.399. The summed E-state index contributed by atoms with van der Waals surface area (Å²) in [6.45, 7) is 2.89. The monoisotopic (exact) mass is 331 g/mol. The van der Waals surface area contributed by atoms with Crippen molar-refractivity contribution in [1.29, 1.82) is 0 Å². The van der Waals surface area contributed by atoms with Gasteiger partial charge in [0.05, 0.1) is 20.3 Å². The summed E-state index contributed by atoms with van der Waals surface area (Å²) in [6.07, 6.45) is 0.887. The molecule has 1 aromatic carbocycles. The van der Waals surface area contributed by atoms with E-state index in [4.69, 9.17) is 14.6 Å². The van der Waals surface area contributed by atoms with Gasteiger partial charge in [-0.3, -0.25) is 4.79 Å². The van der Waals surface area contributed by atoms with Gasteiger partial charge in [-0.05, 0) is 18.6 Å². The maximum absolute atomic E-state index is 10.5. The fourth-order valence-corrected chi connectivity index (χ4v) is 2.02. The molecule has 6 heteroatoms. The van der Waals surface area contributed by atoms with Gasteiger partial charge < -0.3 is 19.9 Å². The molecule has 0 aliphatic heterocycles. The Morgan fingerprint density at radius 1 is 1.47 bits per heavy atom. The van der Waals surface area contributed by atoms with Gasteiger partial charge in [0.15, 0.2) is 11.5 Å². The Labute approximate surface area is 121 Å². The minimum absolute atomic E-state index is 0.100. The molecule has 0 spiro atoms. The van der Waals surface area contributed by atoms with Gasteiger partial charge in [-0.1, -0.05) is 22.9 Å². The minimum Gasteiger partial charge on any atom is -0.493 e. The van der Waals surface area contributed by atoms with Crippen LogP contribution in [0.4, 0.5) is 0 Å². The van der Waals surface area contributed by atoms with Gasteiger partial charge in [0, 0.05) is 16.6 Å². The summed E-state index contributed by atoms with van der Waals surface area (Å²) in [5, 5.41) is 11.5. The zero-order valence-corrected chi connectivity index (χ0v) is 12.6. The summed E-state index contributed by atoms with van der Waals surface area (Å²) in [7, 11) is 1.58. The van der Waals surface area contributed by atoms with Crippen LogP contribution in [-0.4, -0.2) is 31.3 Å². The van der Waals surface area contributed by atoms with E-state index in [1.807, 2.05) is 19.1 Å². The molecule has 0 saturated carbocycles. The predicted molar refractivity (Wildman–Crippen MR) is 75.8 cm³/mol. The normalized spacial score (nSPS) is 10.3. The fourth-order valence-electron chi connectivity index (χ4n) is 1.56. The fraction of sp³-hybridized carbons (Fsp3) is 0.462. The van der Waals surface area contributed by atoms with Crippen LogP contribution < -0.4 is 14.8 Å². The lowest BCUT2D eigenvalue weighted by Crippen LogP contribution is -2.22. The molecule has 106 valence electrons. The number of carboxylic acid groups (broad SMARTS) is 1. The van der Waals surface area contributed by atoms with Crippen LogP contribution in [0.25, 0.3) is 0 Å². The number of halogens is 1. The third kappa shape index (κ3) is 4.72. The van der Waals surface area contributed by atoms with Crippen LogP contribution in [-0.2, 0) is 11.3 Å². The number of carboxylic acids is 1. The second kappa shape index (κ2) is 8.01. The molecular formula is C13H18BrNO4. The molecule has 0 amide bonds. The number of nitrogens with one attached hydrogen (secondary N) is 1. The first-order chi connectivity index (χ1) is 9.10. The van der Waals surface area contributed by atoms with E-state index in [2.05, 4.69) is 21.2 Å². The van der Waals surface area contributed by atoms with Gasteiger partial charge >= 0.3 is 5.97 Å². The van der Waals surface area contributed by atoms with Gasteiger partial charge in [-0.15, -0.1) is 0 Å². The molecule has 0 atom stereocenters. The van der Waals surface area contributed by atoms with Crippen LogP contribution >= 0.6 is 15.9 Å². The second-order valence-corrected chi connectivity index (χ2v) is 4.76. The van der Waals surface area contributed by atoms with Crippen molar-refractivity contribution in [1.82, 2.24) is 5.32 Å². The average Bonchev–Trinajstić information content (AvgIpc) is 2.38. The van der Waals surface area contributed by atoms with Crippen LogP contribution in [0.1, 0.15) is 18.9 Å². The molecule has 5 nitrogen and oxygen atoms in total. The van der Waals surface area contributed by atoms with E-state index < -0.39 is 5.97 Å². The molecule has 0 aliphatic rings. The van der Waals surface area contributed by atoms with Crippen molar-refractivity contribution >= 4 is 21.9 Å². The lowest BCUT2D eigenvalue weighted by Gasteiger charge is -2.16. The number of carbonyl (C=O) groups is 1. The molecule has 0 fully saturated rings. The van der Waals surface area contributed by atoms with Crippen molar-refractivity contribution in [2.24, 2.45) is 0 Å². The molecule has 0 unspecified atom stereocenters. The van der Waals surface area contributed by atoms with Gasteiger partial charge in [-0.25, -0.2) is 0 Å². The van der Waals surface area contributed by atoms with Gasteiger partial charge in [-0.2, -0.15) is 0 Å². The van der Waals surface area contributed by atoms with E-state index in [9.17, 15) is 4.79 Å². The van der Waals surface area contributed by atoms with Crippen molar-refractivity contribution in [3.63, 3.8) is 0 Å². The highest BCUT2D eigenvalue weighted by atomic mass is 79.9. The lowest BCUT2D eigenvalue weighted by atomic mass is 10.2. The Balaban J connectivity index is 2.93. The summed E-state index contributed by atoms with van der Waals surface area (Å²) < 4.78 is 11.8. The molecule has 0 aromatic heterocycles. The van der Waals surface area contributed by atoms with Crippen LogP contribution in [0.5, 0.6) is 11.5 Å². The number of hydrogen-bond acceptors (Lipinski definition) is 4. The second-order valence-electron chi connectivity index (χ2n) is 3.90. The van der Waals surface area contributed by atoms with Crippen LogP contribution in [0.15, 0.2) is 16.6 Å². The molecule has 0 radical (unpaired) electrons. The van der Waals surface area contributed by atoms with E-state index in [0.717, 1.165) is 16.5 Å². The van der Waals surface area contributed by atoms with E-state index in [1.54, 1.807) is 7.11 Å². The van der Waals surface area contributed by atoms with Crippen LogP contribution in [0.3, 0.4) is 0 Å². The number of hydrogen-bond donors (Lipinski definition) is 2. The summed E-state index contributed by atoms with van der Waals surface area (Å²) in [6, 6.07) is 3.67.